The predicted molar refractivity (Wildman–Crippen MR) is 108 cm³/mol. The number of para-hydroxylation sites is 1. The Kier molecular flexibility index (Phi) is 5.61. The van der Waals surface area contributed by atoms with E-state index in [1.54, 1.807) is 18.2 Å². The highest BCUT2D eigenvalue weighted by atomic mass is 79.9. The number of aromatic nitrogens is 2. The van der Waals surface area contributed by atoms with Crippen molar-refractivity contribution in [1.29, 1.82) is 0 Å². The standard InChI is InChI=1S/C17H13Br2N3O2S/c1-9-6-11(18)15(12(19)7-9)21-14(23)8-25-17-20-13-5-3-2-4-10(13)16(24)22-17/h2-7H,8H2,1H3,(H,21,23)(H,20,22,24). The van der Waals surface area contributed by atoms with Crippen LogP contribution < -0.4 is 10.9 Å². The maximum Gasteiger partial charge on any atom is 0.259 e. The van der Waals surface area contributed by atoms with Crippen LogP contribution in [-0.4, -0.2) is 21.6 Å². The van der Waals surface area contributed by atoms with Gasteiger partial charge < -0.3 is 10.3 Å². The number of nitrogens with zero attached hydrogens (tertiary/aromatic N) is 1. The average Bonchev–Trinajstić information content (AvgIpc) is 2.56. The maximum atomic E-state index is 12.2. The normalized spacial score (nSPS) is 10.8. The topological polar surface area (TPSA) is 74.8 Å². The Morgan fingerprint density at radius 2 is 1.92 bits per heavy atom. The minimum absolute atomic E-state index is 0.133. The van der Waals surface area contributed by atoms with Crippen LogP contribution in [0.2, 0.25) is 0 Å². The zero-order valence-corrected chi connectivity index (χ0v) is 17.1. The second-order valence-corrected chi connectivity index (χ2v) is 8.00. The fourth-order valence-corrected chi connectivity index (χ4v) is 4.54. The first-order valence-corrected chi connectivity index (χ1v) is 9.88. The summed E-state index contributed by atoms with van der Waals surface area (Å²) in [6.07, 6.45) is 0. The highest BCUT2D eigenvalue weighted by Crippen LogP contribution is 2.32. The minimum atomic E-state index is -0.211. The number of carbonyl (C=O) groups is 1. The van der Waals surface area contributed by atoms with Crippen molar-refractivity contribution in [1.82, 2.24) is 9.97 Å². The molecular formula is C17H13Br2N3O2S. The molecule has 0 aliphatic heterocycles. The van der Waals surface area contributed by atoms with Crippen LogP contribution in [0.15, 0.2) is 55.3 Å². The molecule has 8 heteroatoms. The Labute approximate surface area is 164 Å². The van der Waals surface area contributed by atoms with E-state index in [2.05, 4.69) is 47.1 Å². The van der Waals surface area contributed by atoms with E-state index in [0.29, 0.717) is 21.7 Å². The zero-order valence-electron chi connectivity index (χ0n) is 13.1. The molecular weight excluding hydrogens is 470 g/mol. The van der Waals surface area contributed by atoms with Gasteiger partial charge in [0.2, 0.25) is 5.91 Å². The first kappa shape index (κ1) is 18.2. The average molecular weight is 483 g/mol. The lowest BCUT2D eigenvalue weighted by atomic mass is 10.2. The summed E-state index contributed by atoms with van der Waals surface area (Å²) >= 11 is 8.08. The number of hydrogen-bond donors (Lipinski definition) is 2. The molecule has 0 saturated heterocycles. The van der Waals surface area contributed by atoms with E-state index in [0.717, 1.165) is 14.5 Å². The summed E-state index contributed by atoms with van der Waals surface area (Å²) < 4.78 is 1.60. The van der Waals surface area contributed by atoms with Crippen LogP contribution in [0.5, 0.6) is 0 Å². The number of nitrogens with one attached hydrogen (secondary N) is 2. The number of hydrogen-bond acceptors (Lipinski definition) is 4. The number of H-pyrrole nitrogens is 1. The smallest absolute Gasteiger partial charge is 0.259 e. The summed E-state index contributed by atoms with van der Waals surface area (Å²) in [5.74, 6) is -0.0559. The lowest BCUT2D eigenvalue weighted by molar-refractivity contribution is -0.113. The molecule has 1 amide bonds. The van der Waals surface area contributed by atoms with Crippen LogP contribution in [0, 0.1) is 6.92 Å². The number of benzene rings is 2. The maximum absolute atomic E-state index is 12.2. The lowest BCUT2D eigenvalue weighted by Gasteiger charge is -2.10. The minimum Gasteiger partial charge on any atom is -0.323 e. The van der Waals surface area contributed by atoms with E-state index in [4.69, 9.17) is 0 Å². The first-order valence-electron chi connectivity index (χ1n) is 7.31. The predicted octanol–water partition coefficient (Wildman–Crippen LogP) is 4.49. The van der Waals surface area contributed by atoms with Crippen LogP contribution in [0.4, 0.5) is 5.69 Å². The van der Waals surface area contributed by atoms with Crippen molar-refractivity contribution in [3.8, 4) is 0 Å². The highest BCUT2D eigenvalue weighted by molar-refractivity contribution is 9.11. The summed E-state index contributed by atoms with van der Waals surface area (Å²) in [5.41, 5.74) is 2.15. The van der Waals surface area contributed by atoms with Gasteiger partial charge in [-0.2, -0.15) is 0 Å². The molecule has 0 aliphatic carbocycles. The van der Waals surface area contributed by atoms with Gasteiger partial charge in [-0.1, -0.05) is 23.9 Å². The SMILES string of the molecule is Cc1cc(Br)c(NC(=O)CSc2nc3ccccc3c(=O)[nH]2)c(Br)c1. The molecule has 5 nitrogen and oxygen atoms in total. The molecule has 3 aromatic rings. The monoisotopic (exact) mass is 481 g/mol. The summed E-state index contributed by atoms with van der Waals surface area (Å²) in [6.45, 7) is 1.97. The Balaban J connectivity index is 1.72. The Hall–Kier alpha value is -1.64. The van der Waals surface area contributed by atoms with E-state index < -0.39 is 0 Å². The molecule has 2 aromatic carbocycles. The van der Waals surface area contributed by atoms with Gasteiger partial charge in [0.1, 0.15) is 0 Å². The van der Waals surface area contributed by atoms with E-state index in [1.807, 2.05) is 25.1 Å². The molecule has 0 aliphatic rings. The number of anilines is 1. The van der Waals surface area contributed by atoms with Gasteiger partial charge in [-0.05, 0) is 68.6 Å². The van der Waals surface area contributed by atoms with E-state index in [1.165, 1.54) is 11.8 Å². The van der Waals surface area contributed by atoms with Gasteiger partial charge in [0.05, 0.1) is 22.3 Å². The first-order chi connectivity index (χ1) is 11.9. The van der Waals surface area contributed by atoms with Crippen molar-refractivity contribution >= 4 is 66.1 Å². The molecule has 0 saturated carbocycles. The molecule has 0 spiro atoms. The third-order valence-corrected chi connectivity index (χ3v) is 5.51. The van der Waals surface area contributed by atoms with Crippen molar-refractivity contribution in [2.45, 2.75) is 12.1 Å². The van der Waals surface area contributed by atoms with Crippen LogP contribution >= 0.6 is 43.6 Å². The van der Waals surface area contributed by atoms with E-state index in [-0.39, 0.29) is 17.2 Å². The summed E-state index contributed by atoms with van der Waals surface area (Å²) in [7, 11) is 0. The van der Waals surface area contributed by atoms with Gasteiger partial charge in [0.25, 0.3) is 5.56 Å². The molecule has 0 unspecified atom stereocenters. The number of aromatic amines is 1. The Morgan fingerprint density at radius 3 is 2.64 bits per heavy atom. The number of amides is 1. The molecule has 0 radical (unpaired) electrons. The number of halogens is 2. The third kappa shape index (κ3) is 4.31. The van der Waals surface area contributed by atoms with Gasteiger partial charge in [-0.25, -0.2) is 4.98 Å². The Morgan fingerprint density at radius 1 is 1.24 bits per heavy atom. The molecule has 2 N–H and O–H groups in total. The molecule has 3 rings (SSSR count). The Bertz CT molecular complexity index is 997. The lowest BCUT2D eigenvalue weighted by Crippen LogP contribution is -2.16. The summed E-state index contributed by atoms with van der Waals surface area (Å²) in [5, 5.41) is 3.80. The van der Waals surface area contributed by atoms with Crippen molar-refractivity contribution in [3.63, 3.8) is 0 Å². The summed E-state index contributed by atoms with van der Waals surface area (Å²) in [4.78, 5) is 31.3. The molecule has 1 heterocycles. The largest absolute Gasteiger partial charge is 0.323 e. The second-order valence-electron chi connectivity index (χ2n) is 5.33. The van der Waals surface area contributed by atoms with Gasteiger partial charge >= 0.3 is 0 Å². The van der Waals surface area contributed by atoms with Gasteiger partial charge in [-0.15, -0.1) is 0 Å². The molecule has 0 bridgehead atoms. The van der Waals surface area contributed by atoms with Gasteiger partial charge in [-0.3, -0.25) is 9.59 Å². The van der Waals surface area contributed by atoms with Gasteiger partial charge in [0, 0.05) is 8.95 Å². The van der Waals surface area contributed by atoms with Crippen LogP contribution in [0.25, 0.3) is 10.9 Å². The second kappa shape index (κ2) is 7.72. The third-order valence-electron chi connectivity index (χ3n) is 3.38. The van der Waals surface area contributed by atoms with Gasteiger partial charge in [0.15, 0.2) is 5.16 Å². The molecule has 0 fully saturated rings. The number of thioether (sulfide) groups is 1. The van der Waals surface area contributed by atoms with Crippen LogP contribution in [0.3, 0.4) is 0 Å². The number of aryl methyl sites for hydroxylation is 1. The van der Waals surface area contributed by atoms with Crippen LogP contribution in [-0.2, 0) is 4.79 Å². The highest BCUT2D eigenvalue weighted by Gasteiger charge is 2.12. The van der Waals surface area contributed by atoms with E-state index >= 15 is 0 Å². The van der Waals surface area contributed by atoms with Crippen molar-refractivity contribution in [2.75, 3.05) is 11.1 Å². The quantitative estimate of drug-likeness (QED) is 0.424. The number of carbonyl (C=O) groups excluding carboxylic acids is 1. The fourth-order valence-electron chi connectivity index (χ4n) is 2.26. The zero-order chi connectivity index (χ0) is 18.0. The summed E-state index contributed by atoms with van der Waals surface area (Å²) in [6, 6.07) is 11.0. The van der Waals surface area contributed by atoms with E-state index in [9.17, 15) is 9.59 Å². The number of rotatable bonds is 4. The van der Waals surface area contributed by atoms with Crippen molar-refractivity contribution < 1.29 is 4.79 Å². The van der Waals surface area contributed by atoms with Crippen LogP contribution in [0.1, 0.15) is 5.56 Å². The number of fused-ring (bicyclic) bond motifs is 1. The molecule has 128 valence electrons. The molecule has 1 aromatic heterocycles. The fraction of sp³-hybridized carbons (Fsp3) is 0.118. The van der Waals surface area contributed by atoms with Crippen molar-refractivity contribution in [2.24, 2.45) is 0 Å². The molecule has 0 atom stereocenters. The molecule has 25 heavy (non-hydrogen) atoms. The van der Waals surface area contributed by atoms with Crippen molar-refractivity contribution in [3.05, 3.63) is 61.3 Å².